The van der Waals surface area contributed by atoms with Crippen LogP contribution in [-0.4, -0.2) is 35.5 Å². The van der Waals surface area contributed by atoms with E-state index in [0.717, 1.165) is 55.7 Å². The van der Waals surface area contributed by atoms with Gasteiger partial charge in [-0.15, -0.1) is 0 Å². The van der Waals surface area contributed by atoms with E-state index < -0.39 is 0 Å². The molecule has 0 aliphatic heterocycles. The van der Waals surface area contributed by atoms with Crippen molar-refractivity contribution in [2.75, 3.05) is 5.32 Å². The van der Waals surface area contributed by atoms with Crippen LogP contribution in [0.5, 0.6) is 0 Å². The lowest BCUT2D eigenvalue weighted by Gasteiger charge is -2.19. The predicted octanol–water partition coefficient (Wildman–Crippen LogP) is 7.68. The molecule has 1 unspecified atom stereocenters. The third-order valence-electron chi connectivity index (χ3n) is 6.26. The smallest absolute Gasteiger partial charge is 0.134 e. The number of rotatable bonds is 9. The van der Waals surface area contributed by atoms with Gasteiger partial charge in [-0.1, -0.05) is 12.1 Å². The first-order valence-electron chi connectivity index (χ1n) is 12.1. The van der Waals surface area contributed by atoms with Crippen LogP contribution in [-0.2, 0) is 7.05 Å². The van der Waals surface area contributed by atoms with Gasteiger partial charge in [0.05, 0.1) is 29.9 Å². The molecule has 1 N–H and O–H groups in total. The molecule has 0 fully saturated rings. The van der Waals surface area contributed by atoms with Gasteiger partial charge in [-0.05, 0) is 87.7 Å². The van der Waals surface area contributed by atoms with Gasteiger partial charge in [0.2, 0.25) is 0 Å². The highest BCUT2D eigenvalue weighted by molar-refractivity contribution is 5.94. The van der Waals surface area contributed by atoms with Gasteiger partial charge >= 0.3 is 0 Å². The van der Waals surface area contributed by atoms with Crippen LogP contribution in [0.2, 0.25) is 0 Å². The zero-order valence-electron chi connectivity index (χ0n) is 22.0. The van der Waals surface area contributed by atoms with Gasteiger partial charge in [-0.2, -0.15) is 5.10 Å². The van der Waals surface area contributed by atoms with E-state index in [0.29, 0.717) is 5.69 Å². The molecule has 0 amide bonds. The summed E-state index contributed by atoms with van der Waals surface area (Å²) in [6.07, 6.45) is 11.3. The molecule has 0 aliphatic rings. The Bertz CT molecular complexity index is 1550. The van der Waals surface area contributed by atoms with Crippen molar-refractivity contribution < 1.29 is 4.42 Å². The van der Waals surface area contributed by atoms with Crippen LogP contribution < -0.4 is 5.32 Å². The Hall–Kier alpha value is -4.52. The molecule has 2 aromatic heterocycles. The number of furan rings is 1. The van der Waals surface area contributed by atoms with Crippen LogP contribution >= 0.6 is 0 Å². The summed E-state index contributed by atoms with van der Waals surface area (Å²) < 4.78 is 7.44. The molecule has 7 nitrogen and oxygen atoms in total. The van der Waals surface area contributed by atoms with Crippen molar-refractivity contribution >= 4 is 53.3 Å². The van der Waals surface area contributed by atoms with Gasteiger partial charge in [0.15, 0.2) is 0 Å². The van der Waals surface area contributed by atoms with Crippen molar-refractivity contribution in [3.05, 3.63) is 78.0 Å². The third-order valence-corrected chi connectivity index (χ3v) is 6.26. The Balaban J connectivity index is 1.75. The van der Waals surface area contributed by atoms with Crippen LogP contribution in [0.25, 0.3) is 27.7 Å². The fraction of sp³-hybridized carbons (Fsp3) is 0.200. The van der Waals surface area contributed by atoms with Gasteiger partial charge in [0, 0.05) is 47.9 Å². The number of hydrogen-bond acceptors (Lipinski definition) is 6. The number of hydrogen-bond donors (Lipinski definition) is 1. The number of aryl methyl sites for hydroxylation is 2. The van der Waals surface area contributed by atoms with Crippen LogP contribution in [0.1, 0.15) is 31.9 Å². The maximum atomic E-state index is 5.65. The Morgan fingerprint density at radius 3 is 2.70 bits per heavy atom. The normalized spacial score (nSPS) is 13.3. The SMILES string of the molecule is C=N/C=C(\C=C(/C)c1cnn(C)c1)C(C)Nc1cc(N=C)c(N=CC)c(-c2ccc3occ(C)c3c2)c1. The summed E-state index contributed by atoms with van der Waals surface area (Å²) in [6.45, 7) is 15.6. The van der Waals surface area contributed by atoms with Crippen LogP contribution in [0.3, 0.4) is 0 Å². The van der Waals surface area contributed by atoms with Gasteiger partial charge < -0.3 is 9.73 Å². The minimum Gasteiger partial charge on any atom is -0.464 e. The molecule has 0 bridgehead atoms. The van der Waals surface area contributed by atoms with Crippen LogP contribution in [0.15, 0.2) is 86.2 Å². The Labute approximate surface area is 217 Å². The minimum atomic E-state index is -0.0678. The fourth-order valence-electron chi connectivity index (χ4n) is 4.30. The first-order chi connectivity index (χ1) is 17.8. The number of allylic oxidation sites excluding steroid dienone is 1. The number of anilines is 1. The number of benzene rings is 2. The van der Waals surface area contributed by atoms with Gasteiger partial charge in [-0.25, -0.2) is 0 Å². The van der Waals surface area contributed by atoms with Crippen molar-refractivity contribution in [3.8, 4) is 11.1 Å². The summed E-state index contributed by atoms with van der Waals surface area (Å²) in [7, 11) is 1.91. The van der Waals surface area contributed by atoms with Gasteiger partial charge in [-0.3, -0.25) is 19.7 Å². The topological polar surface area (TPSA) is 80.1 Å². The molecule has 7 heteroatoms. The van der Waals surface area contributed by atoms with Crippen molar-refractivity contribution in [2.45, 2.75) is 33.7 Å². The van der Waals surface area contributed by atoms with Crippen LogP contribution in [0.4, 0.5) is 17.1 Å². The average molecular weight is 493 g/mol. The summed E-state index contributed by atoms with van der Waals surface area (Å²) in [5.74, 6) is 0. The van der Waals surface area contributed by atoms with Gasteiger partial charge in [0.25, 0.3) is 0 Å². The van der Waals surface area contributed by atoms with Crippen LogP contribution in [0, 0.1) is 6.92 Å². The Kier molecular flexibility index (Phi) is 7.63. The standard InChI is InChI=1S/C30H32N6O/c1-8-33-30-27(22-9-10-29-26(12-22)20(3)18-37-29)13-25(14-28(30)32-6)35-21(4)23(15-31-5)11-19(2)24-16-34-36(7)17-24/h8-18,21,35H,5-6H2,1-4,7H3/b19-11+,23-15+,33-8?. The number of nitrogens with one attached hydrogen (secondary N) is 1. The lowest BCUT2D eigenvalue weighted by atomic mass is 9.98. The first-order valence-corrected chi connectivity index (χ1v) is 12.1. The first kappa shape index (κ1) is 25.6. The number of fused-ring (bicyclic) bond motifs is 1. The lowest BCUT2D eigenvalue weighted by molar-refractivity contribution is 0.613. The molecule has 0 saturated carbocycles. The number of nitrogens with zero attached hydrogens (tertiary/aromatic N) is 5. The molecule has 0 saturated heterocycles. The molecule has 188 valence electrons. The summed E-state index contributed by atoms with van der Waals surface area (Å²) in [6, 6.07) is 10.2. The van der Waals surface area contributed by atoms with E-state index in [2.05, 4.69) is 70.9 Å². The minimum absolute atomic E-state index is 0.0678. The van der Waals surface area contributed by atoms with Gasteiger partial charge in [0.1, 0.15) is 5.58 Å². The van der Waals surface area contributed by atoms with E-state index >= 15 is 0 Å². The highest BCUT2D eigenvalue weighted by Crippen LogP contribution is 2.42. The molecule has 4 aromatic rings. The molecule has 0 spiro atoms. The monoisotopic (exact) mass is 492 g/mol. The van der Waals surface area contributed by atoms with E-state index in [-0.39, 0.29) is 6.04 Å². The second-order valence-corrected chi connectivity index (χ2v) is 8.97. The van der Waals surface area contributed by atoms with E-state index in [9.17, 15) is 0 Å². The van der Waals surface area contributed by atoms with Crippen molar-refractivity contribution in [2.24, 2.45) is 22.0 Å². The molecule has 0 radical (unpaired) electrons. The lowest BCUT2D eigenvalue weighted by Crippen LogP contribution is -2.17. The molecule has 2 aromatic carbocycles. The largest absolute Gasteiger partial charge is 0.464 e. The molecule has 4 rings (SSSR count). The highest BCUT2D eigenvalue weighted by atomic mass is 16.3. The second-order valence-electron chi connectivity index (χ2n) is 8.97. The predicted molar refractivity (Wildman–Crippen MR) is 157 cm³/mol. The number of aromatic nitrogens is 2. The van der Waals surface area contributed by atoms with E-state index in [1.54, 1.807) is 23.4 Å². The van der Waals surface area contributed by atoms with Crippen molar-refractivity contribution in [1.29, 1.82) is 0 Å². The molecule has 37 heavy (non-hydrogen) atoms. The average Bonchev–Trinajstić information content (AvgIpc) is 3.49. The number of aliphatic imine (C=N–C) groups is 3. The van der Waals surface area contributed by atoms with E-state index in [1.165, 1.54) is 0 Å². The Morgan fingerprint density at radius 2 is 2.03 bits per heavy atom. The molecular weight excluding hydrogens is 460 g/mol. The maximum absolute atomic E-state index is 5.65. The molecule has 2 heterocycles. The van der Waals surface area contributed by atoms with E-state index in [1.807, 2.05) is 51.5 Å². The zero-order chi connectivity index (χ0) is 26.5. The quantitative estimate of drug-likeness (QED) is 0.192. The van der Waals surface area contributed by atoms with Crippen molar-refractivity contribution in [1.82, 2.24) is 9.78 Å². The Morgan fingerprint density at radius 1 is 1.22 bits per heavy atom. The summed E-state index contributed by atoms with van der Waals surface area (Å²) in [4.78, 5) is 13.0. The molecule has 1 atom stereocenters. The summed E-state index contributed by atoms with van der Waals surface area (Å²) >= 11 is 0. The zero-order valence-corrected chi connectivity index (χ0v) is 22.0. The second kappa shape index (κ2) is 11.0. The summed E-state index contributed by atoms with van der Waals surface area (Å²) in [5.41, 5.74) is 9.40. The van der Waals surface area contributed by atoms with E-state index in [4.69, 9.17) is 4.42 Å². The third kappa shape index (κ3) is 5.51. The highest BCUT2D eigenvalue weighted by Gasteiger charge is 2.16. The van der Waals surface area contributed by atoms with Crippen molar-refractivity contribution in [3.63, 3.8) is 0 Å². The maximum Gasteiger partial charge on any atom is 0.134 e. The fourth-order valence-corrected chi connectivity index (χ4v) is 4.30. The molecular formula is C30H32N6O. The molecule has 0 aliphatic carbocycles. The summed E-state index contributed by atoms with van der Waals surface area (Å²) in [5, 5.41) is 8.95.